The first-order valence-corrected chi connectivity index (χ1v) is 5.45. The Bertz CT molecular complexity index is 361. The highest BCUT2D eigenvalue weighted by Crippen LogP contribution is 2.19. The maximum atomic E-state index is 5.70. The molecule has 0 aromatic carbocycles. The van der Waals surface area contributed by atoms with Crippen LogP contribution in [0.3, 0.4) is 0 Å². The molecule has 1 aromatic rings. The number of rotatable bonds is 3. The number of likely N-dealkylation sites (tertiary alicyclic amines) is 1. The standard InChI is InChI=1S/C9H15N5S/c1-13-8(11-6-12-13)5-14-4-2-3-7(14)9(10)15/h6-7H,2-5H2,1H3,(H2,10,15). The third-order valence-electron chi connectivity index (χ3n) is 2.84. The highest BCUT2D eigenvalue weighted by Gasteiger charge is 2.27. The molecule has 1 fully saturated rings. The lowest BCUT2D eigenvalue weighted by Crippen LogP contribution is -2.39. The quantitative estimate of drug-likeness (QED) is 0.737. The fourth-order valence-corrected chi connectivity index (χ4v) is 2.25. The highest BCUT2D eigenvalue weighted by molar-refractivity contribution is 7.80. The first-order valence-electron chi connectivity index (χ1n) is 5.04. The maximum absolute atomic E-state index is 5.70. The molecule has 1 aliphatic rings. The highest BCUT2D eigenvalue weighted by atomic mass is 32.1. The molecule has 0 aliphatic carbocycles. The van der Waals surface area contributed by atoms with Crippen LogP contribution in [0.4, 0.5) is 0 Å². The van der Waals surface area contributed by atoms with Crippen molar-refractivity contribution in [3.8, 4) is 0 Å². The molecule has 15 heavy (non-hydrogen) atoms. The van der Waals surface area contributed by atoms with Gasteiger partial charge >= 0.3 is 0 Å². The van der Waals surface area contributed by atoms with E-state index in [4.69, 9.17) is 18.0 Å². The zero-order chi connectivity index (χ0) is 10.8. The van der Waals surface area contributed by atoms with E-state index in [0.29, 0.717) is 4.99 Å². The zero-order valence-corrected chi connectivity index (χ0v) is 9.57. The van der Waals surface area contributed by atoms with Crippen LogP contribution >= 0.6 is 12.2 Å². The summed E-state index contributed by atoms with van der Waals surface area (Å²) in [5, 5.41) is 4.04. The summed E-state index contributed by atoms with van der Waals surface area (Å²) in [7, 11) is 1.90. The molecule has 1 saturated heterocycles. The molecule has 2 N–H and O–H groups in total. The number of nitrogens with zero attached hydrogens (tertiary/aromatic N) is 4. The molecule has 0 bridgehead atoms. The van der Waals surface area contributed by atoms with Gasteiger partial charge in [-0.3, -0.25) is 9.58 Å². The lowest BCUT2D eigenvalue weighted by Gasteiger charge is -2.22. The molecule has 1 atom stereocenters. The van der Waals surface area contributed by atoms with Crippen molar-refractivity contribution in [2.24, 2.45) is 12.8 Å². The number of thiocarbonyl (C=S) groups is 1. The van der Waals surface area contributed by atoms with E-state index in [1.54, 1.807) is 11.0 Å². The van der Waals surface area contributed by atoms with Crippen LogP contribution in [0.25, 0.3) is 0 Å². The predicted molar refractivity (Wildman–Crippen MR) is 61.2 cm³/mol. The van der Waals surface area contributed by atoms with Crippen LogP contribution in [0, 0.1) is 0 Å². The summed E-state index contributed by atoms with van der Waals surface area (Å²) in [6.45, 7) is 1.81. The van der Waals surface area contributed by atoms with Crippen LogP contribution in [-0.4, -0.2) is 37.2 Å². The molecular weight excluding hydrogens is 210 g/mol. The van der Waals surface area contributed by atoms with E-state index in [2.05, 4.69) is 15.0 Å². The Hall–Kier alpha value is -1.01. The van der Waals surface area contributed by atoms with Gasteiger partial charge in [0.15, 0.2) is 0 Å². The average molecular weight is 225 g/mol. The van der Waals surface area contributed by atoms with E-state index in [9.17, 15) is 0 Å². The van der Waals surface area contributed by atoms with Gasteiger partial charge in [-0.2, -0.15) is 5.10 Å². The Kier molecular flexibility index (Phi) is 2.97. The number of aromatic nitrogens is 3. The van der Waals surface area contributed by atoms with Crippen molar-refractivity contribution >= 4 is 17.2 Å². The molecular formula is C9H15N5S. The summed E-state index contributed by atoms with van der Waals surface area (Å²) < 4.78 is 1.79. The Labute approximate surface area is 94.3 Å². The van der Waals surface area contributed by atoms with Crippen molar-refractivity contribution in [2.45, 2.75) is 25.4 Å². The van der Waals surface area contributed by atoms with Gasteiger partial charge in [0, 0.05) is 7.05 Å². The van der Waals surface area contributed by atoms with Gasteiger partial charge in [0.1, 0.15) is 12.2 Å². The molecule has 2 heterocycles. The Morgan fingerprint density at radius 3 is 3.13 bits per heavy atom. The minimum atomic E-state index is 0.233. The normalized spacial score (nSPS) is 22.1. The van der Waals surface area contributed by atoms with Gasteiger partial charge in [0.2, 0.25) is 0 Å². The summed E-state index contributed by atoms with van der Waals surface area (Å²) in [5.74, 6) is 0.957. The maximum Gasteiger partial charge on any atom is 0.140 e. The Morgan fingerprint density at radius 1 is 1.73 bits per heavy atom. The number of hydrogen-bond donors (Lipinski definition) is 1. The SMILES string of the molecule is Cn1ncnc1CN1CCCC1C(N)=S. The molecule has 6 heteroatoms. The lowest BCUT2D eigenvalue weighted by molar-refractivity contribution is 0.283. The number of nitrogens with two attached hydrogens (primary N) is 1. The third kappa shape index (κ3) is 2.15. The van der Waals surface area contributed by atoms with Crippen LogP contribution < -0.4 is 5.73 Å². The Morgan fingerprint density at radius 2 is 2.53 bits per heavy atom. The van der Waals surface area contributed by atoms with E-state index < -0.39 is 0 Å². The van der Waals surface area contributed by atoms with E-state index in [0.717, 1.165) is 31.8 Å². The summed E-state index contributed by atoms with van der Waals surface area (Å²) in [6, 6.07) is 0.233. The van der Waals surface area contributed by atoms with Crippen LogP contribution in [0.2, 0.25) is 0 Å². The number of hydrogen-bond acceptors (Lipinski definition) is 4. The third-order valence-corrected chi connectivity index (χ3v) is 3.11. The monoisotopic (exact) mass is 225 g/mol. The second kappa shape index (κ2) is 4.24. The minimum Gasteiger partial charge on any atom is -0.392 e. The molecule has 0 spiro atoms. The summed E-state index contributed by atoms with van der Waals surface area (Å²) in [5.41, 5.74) is 5.70. The van der Waals surface area contributed by atoms with Gasteiger partial charge in [0.05, 0.1) is 17.6 Å². The van der Waals surface area contributed by atoms with Crippen molar-refractivity contribution in [2.75, 3.05) is 6.54 Å². The van der Waals surface area contributed by atoms with E-state index in [1.165, 1.54) is 0 Å². The van der Waals surface area contributed by atoms with Gasteiger partial charge in [-0.1, -0.05) is 12.2 Å². The molecule has 0 saturated carbocycles. The molecule has 1 unspecified atom stereocenters. The van der Waals surface area contributed by atoms with E-state index in [-0.39, 0.29) is 6.04 Å². The zero-order valence-electron chi connectivity index (χ0n) is 8.76. The van der Waals surface area contributed by atoms with Gasteiger partial charge in [-0.25, -0.2) is 4.98 Å². The van der Waals surface area contributed by atoms with Gasteiger partial charge in [-0.05, 0) is 19.4 Å². The molecule has 5 nitrogen and oxygen atoms in total. The van der Waals surface area contributed by atoms with Gasteiger partial charge in [0.25, 0.3) is 0 Å². The second-order valence-corrected chi connectivity index (χ2v) is 4.30. The predicted octanol–water partition coefficient (Wildman–Crippen LogP) is 0.0656. The smallest absolute Gasteiger partial charge is 0.140 e. The van der Waals surface area contributed by atoms with E-state index in [1.807, 2.05) is 7.05 Å². The molecule has 2 rings (SSSR count). The number of aryl methyl sites for hydroxylation is 1. The summed E-state index contributed by atoms with van der Waals surface area (Å²) >= 11 is 5.05. The van der Waals surface area contributed by atoms with Crippen molar-refractivity contribution < 1.29 is 0 Å². The van der Waals surface area contributed by atoms with Crippen molar-refractivity contribution in [3.05, 3.63) is 12.2 Å². The van der Waals surface area contributed by atoms with Crippen molar-refractivity contribution in [1.82, 2.24) is 19.7 Å². The molecule has 1 aliphatic heterocycles. The lowest BCUT2D eigenvalue weighted by atomic mass is 10.2. The fraction of sp³-hybridized carbons (Fsp3) is 0.667. The molecule has 0 radical (unpaired) electrons. The van der Waals surface area contributed by atoms with Crippen molar-refractivity contribution in [3.63, 3.8) is 0 Å². The van der Waals surface area contributed by atoms with Crippen LogP contribution in [0.1, 0.15) is 18.7 Å². The molecule has 1 aromatic heterocycles. The Balaban J connectivity index is 2.06. The largest absolute Gasteiger partial charge is 0.392 e. The van der Waals surface area contributed by atoms with Crippen molar-refractivity contribution in [1.29, 1.82) is 0 Å². The van der Waals surface area contributed by atoms with Gasteiger partial charge < -0.3 is 5.73 Å². The molecule has 0 amide bonds. The van der Waals surface area contributed by atoms with Crippen LogP contribution in [-0.2, 0) is 13.6 Å². The first kappa shape index (κ1) is 10.5. The van der Waals surface area contributed by atoms with Crippen LogP contribution in [0.5, 0.6) is 0 Å². The van der Waals surface area contributed by atoms with Gasteiger partial charge in [-0.15, -0.1) is 0 Å². The van der Waals surface area contributed by atoms with E-state index >= 15 is 0 Å². The first-order chi connectivity index (χ1) is 7.18. The summed E-state index contributed by atoms with van der Waals surface area (Å²) in [4.78, 5) is 7.06. The minimum absolute atomic E-state index is 0.233. The summed E-state index contributed by atoms with van der Waals surface area (Å²) in [6.07, 6.45) is 3.79. The fourth-order valence-electron chi connectivity index (χ4n) is 1.98. The second-order valence-electron chi connectivity index (χ2n) is 3.83. The average Bonchev–Trinajstić information content (AvgIpc) is 2.77. The van der Waals surface area contributed by atoms with Crippen LogP contribution in [0.15, 0.2) is 6.33 Å². The molecule has 82 valence electrons. The topological polar surface area (TPSA) is 60.0 Å².